The highest BCUT2D eigenvalue weighted by Gasteiger charge is 2.52. The highest BCUT2D eigenvalue weighted by atomic mass is 16.5. The van der Waals surface area contributed by atoms with Crippen LogP contribution in [-0.2, 0) is 16.0 Å². The van der Waals surface area contributed by atoms with Gasteiger partial charge in [-0.3, -0.25) is 14.8 Å². The lowest BCUT2D eigenvalue weighted by atomic mass is 9.61. The zero-order chi connectivity index (χ0) is 20.3. The maximum atomic E-state index is 13.5. The number of fused-ring (bicyclic) bond motifs is 1. The van der Waals surface area contributed by atoms with E-state index in [2.05, 4.69) is 37.2 Å². The molecule has 3 heterocycles. The first-order valence-electron chi connectivity index (χ1n) is 11.1. The number of ether oxygens (including phenoxy) is 1. The second-order valence-corrected chi connectivity index (χ2v) is 8.73. The lowest BCUT2D eigenvalue weighted by Gasteiger charge is -2.53. The number of anilines is 1. The van der Waals surface area contributed by atoms with E-state index in [1.54, 1.807) is 0 Å². The highest BCUT2D eigenvalue weighted by Crippen LogP contribution is 2.47. The van der Waals surface area contributed by atoms with Crippen LogP contribution in [0.4, 0.5) is 5.95 Å². The van der Waals surface area contributed by atoms with Crippen molar-refractivity contribution in [3.8, 4) is 0 Å². The molecule has 2 saturated heterocycles. The number of rotatable bonds is 6. The van der Waals surface area contributed by atoms with Crippen molar-refractivity contribution in [2.75, 3.05) is 58.2 Å². The number of likely N-dealkylation sites (tertiary alicyclic amines) is 1. The van der Waals surface area contributed by atoms with Crippen molar-refractivity contribution in [1.82, 2.24) is 30.3 Å². The normalized spacial score (nSPS) is 31.3. The van der Waals surface area contributed by atoms with Crippen LogP contribution in [-0.4, -0.2) is 89.4 Å². The monoisotopic (exact) mass is 405 g/mol. The van der Waals surface area contributed by atoms with E-state index < -0.39 is 0 Å². The van der Waals surface area contributed by atoms with Gasteiger partial charge in [0, 0.05) is 38.6 Å². The molecular formula is C20H35N7O2. The second-order valence-electron chi connectivity index (χ2n) is 8.73. The van der Waals surface area contributed by atoms with E-state index in [-0.39, 0.29) is 17.3 Å². The van der Waals surface area contributed by atoms with E-state index in [1.807, 2.05) is 0 Å². The smallest absolute Gasteiger partial charge is 0.239 e. The SMILES string of the molecule is CCN1CC[C@@H]2C[C@@H](N3CCOCC3)CC[C@@]2(C(=O)NCCc2nc(N)n[nH]2)C1. The lowest BCUT2D eigenvalue weighted by molar-refractivity contribution is -0.144. The number of aromatic amines is 1. The van der Waals surface area contributed by atoms with Crippen LogP contribution in [0, 0.1) is 11.3 Å². The van der Waals surface area contributed by atoms with E-state index >= 15 is 0 Å². The van der Waals surface area contributed by atoms with Crippen molar-refractivity contribution in [1.29, 1.82) is 0 Å². The quantitative estimate of drug-likeness (QED) is 0.622. The molecule has 3 atom stereocenters. The third-order valence-corrected chi connectivity index (χ3v) is 7.22. The molecule has 4 rings (SSSR count). The predicted molar refractivity (Wildman–Crippen MR) is 110 cm³/mol. The molecule has 2 aliphatic heterocycles. The number of hydrogen-bond acceptors (Lipinski definition) is 7. The van der Waals surface area contributed by atoms with Gasteiger partial charge in [-0.15, -0.1) is 5.10 Å². The number of morpholine rings is 1. The first-order chi connectivity index (χ1) is 14.1. The fourth-order valence-corrected chi connectivity index (χ4v) is 5.53. The van der Waals surface area contributed by atoms with Gasteiger partial charge in [0.15, 0.2) is 0 Å². The molecule has 162 valence electrons. The minimum atomic E-state index is -0.266. The number of piperidine rings is 1. The summed E-state index contributed by atoms with van der Waals surface area (Å²) in [7, 11) is 0. The standard InChI is InChI=1S/C20H35N7O2/c1-2-26-8-5-15-13-16(27-9-11-29-12-10-27)3-6-20(15,14-26)18(28)22-7-4-17-23-19(21)25-24-17/h15-16H,2-14H2,1H3,(H,22,28)(H3,21,23,24,25)/t15-,16+,20-/m1/s1. The summed E-state index contributed by atoms with van der Waals surface area (Å²) < 4.78 is 5.53. The van der Waals surface area contributed by atoms with Crippen molar-refractivity contribution in [3.63, 3.8) is 0 Å². The van der Waals surface area contributed by atoms with Gasteiger partial charge in [0.05, 0.1) is 18.6 Å². The summed E-state index contributed by atoms with van der Waals surface area (Å²) in [5, 5.41) is 9.87. The van der Waals surface area contributed by atoms with Crippen LogP contribution in [0.15, 0.2) is 0 Å². The molecule has 0 radical (unpaired) electrons. The van der Waals surface area contributed by atoms with Gasteiger partial charge in [-0.05, 0) is 44.7 Å². The predicted octanol–water partition coefficient (Wildman–Crippen LogP) is 0.259. The number of nitrogens with two attached hydrogens (primary N) is 1. The molecular weight excluding hydrogens is 370 g/mol. The zero-order valence-corrected chi connectivity index (χ0v) is 17.5. The van der Waals surface area contributed by atoms with Crippen LogP contribution in [0.1, 0.15) is 38.4 Å². The van der Waals surface area contributed by atoms with Gasteiger partial charge < -0.3 is 20.7 Å². The minimum absolute atomic E-state index is 0.216. The Kier molecular flexibility index (Phi) is 6.36. The number of nitrogens with zero attached hydrogens (tertiary/aromatic N) is 4. The fourth-order valence-electron chi connectivity index (χ4n) is 5.53. The van der Waals surface area contributed by atoms with Crippen LogP contribution in [0.3, 0.4) is 0 Å². The topological polar surface area (TPSA) is 112 Å². The Bertz CT molecular complexity index is 690. The van der Waals surface area contributed by atoms with Crippen molar-refractivity contribution in [3.05, 3.63) is 5.82 Å². The van der Waals surface area contributed by atoms with E-state index in [1.165, 1.54) is 0 Å². The molecule has 1 aromatic rings. The summed E-state index contributed by atoms with van der Waals surface area (Å²) >= 11 is 0. The Balaban J connectivity index is 1.41. The van der Waals surface area contributed by atoms with Crippen molar-refractivity contribution >= 4 is 11.9 Å². The largest absolute Gasteiger partial charge is 0.379 e. The molecule has 0 unspecified atom stereocenters. The molecule has 0 spiro atoms. The maximum Gasteiger partial charge on any atom is 0.239 e. The zero-order valence-electron chi connectivity index (χ0n) is 17.5. The van der Waals surface area contributed by atoms with Crippen LogP contribution >= 0.6 is 0 Å². The molecule has 1 aliphatic carbocycles. The number of nitrogen functional groups attached to an aromatic ring is 1. The molecule has 3 aliphatic rings. The Labute approximate surface area is 172 Å². The summed E-state index contributed by atoms with van der Waals surface area (Å²) in [6.45, 7) is 9.46. The summed E-state index contributed by atoms with van der Waals surface area (Å²) in [4.78, 5) is 22.6. The van der Waals surface area contributed by atoms with E-state index in [0.717, 1.165) is 71.6 Å². The van der Waals surface area contributed by atoms with Gasteiger partial charge in [-0.25, -0.2) is 0 Å². The summed E-state index contributed by atoms with van der Waals surface area (Å²) in [5.74, 6) is 1.63. The Morgan fingerprint density at radius 3 is 2.90 bits per heavy atom. The van der Waals surface area contributed by atoms with Gasteiger partial charge in [0.2, 0.25) is 11.9 Å². The van der Waals surface area contributed by atoms with Crippen molar-refractivity contribution < 1.29 is 9.53 Å². The molecule has 3 fully saturated rings. The van der Waals surface area contributed by atoms with Gasteiger partial charge in [0.1, 0.15) is 5.82 Å². The summed E-state index contributed by atoms with van der Waals surface area (Å²) in [6.07, 6.45) is 4.92. The molecule has 0 bridgehead atoms. The number of H-pyrrole nitrogens is 1. The van der Waals surface area contributed by atoms with E-state index in [4.69, 9.17) is 10.5 Å². The first kappa shape index (κ1) is 20.6. The van der Waals surface area contributed by atoms with E-state index in [9.17, 15) is 4.79 Å². The highest BCUT2D eigenvalue weighted by molar-refractivity contribution is 5.83. The Morgan fingerprint density at radius 2 is 2.17 bits per heavy atom. The van der Waals surface area contributed by atoms with Gasteiger partial charge in [-0.1, -0.05) is 6.92 Å². The number of carbonyl (C=O) groups excluding carboxylic acids is 1. The van der Waals surface area contributed by atoms with Gasteiger partial charge in [0.25, 0.3) is 0 Å². The Morgan fingerprint density at radius 1 is 1.34 bits per heavy atom. The van der Waals surface area contributed by atoms with E-state index in [0.29, 0.717) is 30.7 Å². The number of amides is 1. The molecule has 4 N–H and O–H groups in total. The van der Waals surface area contributed by atoms with Crippen LogP contribution in [0.25, 0.3) is 0 Å². The molecule has 1 saturated carbocycles. The third kappa shape index (κ3) is 4.41. The minimum Gasteiger partial charge on any atom is -0.379 e. The Hall–Kier alpha value is -1.71. The van der Waals surface area contributed by atoms with Crippen molar-refractivity contribution in [2.45, 2.75) is 45.1 Å². The van der Waals surface area contributed by atoms with Gasteiger partial charge >= 0.3 is 0 Å². The number of carbonyl (C=O) groups is 1. The van der Waals surface area contributed by atoms with Crippen LogP contribution in [0.2, 0.25) is 0 Å². The average molecular weight is 406 g/mol. The van der Waals surface area contributed by atoms with Crippen molar-refractivity contribution in [2.24, 2.45) is 11.3 Å². The number of hydrogen-bond donors (Lipinski definition) is 3. The maximum absolute atomic E-state index is 13.5. The average Bonchev–Trinajstić information content (AvgIpc) is 3.18. The first-order valence-corrected chi connectivity index (χ1v) is 11.1. The molecule has 0 aromatic carbocycles. The molecule has 9 heteroatoms. The molecule has 1 aromatic heterocycles. The van der Waals surface area contributed by atoms with Gasteiger partial charge in [-0.2, -0.15) is 4.98 Å². The third-order valence-electron chi connectivity index (χ3n) is 7.22. The molecule has 1 amide bonds. The molecule has 9 nitrogen and oxygen atoms in total. The lowest BCUT2D eigenvalue weighted by Crippen LogP contribution is -2.61. The number of aromatic nitrogens is 3. The number of nitrogens with one attached hydrogen (secondary N) is 2. The second kappa shape index (κ2) is 8.97. The summed E-state index contributed by atoms with van der Waals surface area (Å²) in [5.41, 5.74) is 5.29. The molecule has 29 heavy (non-hydrogen) atoms. The van der Waals surface area contributed by atoms with Crippen LogP contribution in [0.5, 0.6) is 0 Å². The van der Waals surface area contributed by atoms with Crippen LogP contribution < -0.4 is 11.1 Å². The fraction of sp³-hybridized carbons (Fsp3) is 0.850. The summed E-state index contributed by atoms with van der Waals surface area (Å²) in [6, 6.07) is 0.593.